The molecule has 0 aromatic heterocycles. The van der Waals surface area contributed by atoms with E-state index in [4.69, 9.17) is 5.11 Å². The monoisotopic (exact) mass is 270 g/mol. The number of carboxylic acid groups (broad SMARTS) is 1. The summed E-state index contributed by atoms with van der Waals surface area (Å²) in [4.78, 5) is 22.4. The molecule has 2 unspecified atom stereocenters. The molecule has 110 valence electrons. The molecule has 0 saturated heterocycles. The van der Waals surface area contributed by atoms with E-state index in [1.807, 2.05) is 0 Å². The van der Waals surface area contributed by atoms with Gasteiger partial charge in [0.25, 0.3) is 0 Å². The zero-order valence-corrected chi connectivity index (χ0v) is 11.9. The Bertz CT molecular complexity index is 301. The lowest BCUT2D eigenvalue weighted by molar-refractivity contribution is -0.141. The van der Waals surface area contributed by atoms with E-state index in [1.165, 1.54) is 32.1 Å². The molecule has 3 N–H and O–H groups in total. The molecule has 0 heterocycles. The van der Waals surface area contributed by atoms with Gasteiger partial charge in [-0.05, 0) is 26.2 Å². The summed E-state index contributed by atoms with van der Waals surface area (Å²) in [5.74, 6) is -0.733. The van der Waals surface area contributed by atoms with Crippen molar-refractivity contribution in [3.8, 4) is 0 Å². The highest BCUT2D eigenvalue weighted by Gasteiger charge is 2.21. The molecule has 5 nitrogen and oxygen atoms in total. The van der Waals surface area contributed by atoms with Crippen LogP contribution in [-0.2, 0) is 4.79 Å². The Hall–Kier alpha value is -1.26. The third kappa shape index (κ3) is 5.94. The van der Waals surface area contributed by atoms with E-state index in [9.17, 15) is 9.59 Å². The molecule has 1 saturated carbocycles. The van der Waals surface area contributed by atoms with E-state index in [0.717, 1.165) is 12.3 Å². The van der Waals surface area contributed by atoms with Gasteiger partial charge in [0, 0.05) is 12.6 Å². The van der Waals surface area contributed by atoms with Gasteiger partial charge in [0.05, 0.1) is 5.92 Å². The number of hydrogen-bond donors (Lipinski definition) is 3. The largest absolute Gasteiger partial charge is 0.481 e. The maximum Gasteiger partial charge on any atom is 0.315 e. The third-order valence-corrected chi connectivity index (χ3v) is 4.06. The van der Waals surface area contributed by atoms with Crippen LogP contribution in [0.1, 0.15) is 52.4 Å². The van der Waals surface area contributed by atoms with Gasteiger partial charge in [0.1, 0.15) is 0 Å². The maximum absolute atomic E-state index is 11.6. The van der Waals surface area contributed by atoms with E-state index in [1.54, 1.807) is 13.8 Å². The highest BCUT2D eigenvalue weighted by atomic mass is 16.4. The fourth-order valence-electron chi connectivity index (χ4n) is 2.46. The van der Waals surface area contributed by atoms with Gasteiger partial charge in [-0.2, -0.15) is 0 Å². The van der Waals surface area contributed by atoms with Crippen LogP contribution in [0.3, 0.4) is 0 Å². The topological polar surface area (TPSA) is 78.4 Å². The normalized spacial score (nSPS) is 19.5. The quantitative estimate of drug-likeness (QED) is 0.693. The molecular weight excluding hydrogens is 244 g/mol. The molecule has 0 aromatic rings. The van der Waals surface area contributed by atoms with Gasteiger partial charge >= 0.3 is 12.0 Å². The summed E-state index contributed by atoms with van der Waals surface area (Å²) in [6.07, 6.45) is 7.53. The first-order valence-electron chi connectivity index (χ1n) is 7.28. The van der Waals surface area contributed by atoms with E-state index in [2.05, 4.69) is 10.6 Å². The number of carbonyl (C=O) groups is 2. The van der Waals surface area contributed by atoms with E-state index in [-0.39, 0.29) is 12.1 Å². The second kappa shape index (κ2) is 8.02. The van der Waals surface area contributed by atoms with Crippen molar-refractivity contribution in [2.75, 3.05) is 6.54 Å². The third-order valence-electron chi connectivity index (χ3n) is 4.06. The number of carbonyl (C=O) groups excluding carboxylic acids is 1. The molecule has 1 rings (SSSR count). The van der Waals surface area contributed by atoms with Crippen molar-refractivity contribution in [3.63, 3.8) is 0 Å². The fourth-order valence-corrected chi connectivity index (χ4v) is 2.46. The molecule has 1 aliphatic rings. The molecular formula is C14H26N2O3. The van der Waals surface area contributed by atoms with Gasteiger partial charge in [-0.15, -0.1) is 0 Å². The molecule has 0 bridgehead atoms. The van der Waals surface area contributed by atoms with Crippen LogP contribution >= 0.6 is 0 Å². The predicted molar refractivity (Wildman–Crippen MR) is 74.0 cm³/mol. The SMILES string of the molecule is CC(NC(=O)NCCC1CCCCC1)C(C)C(=O)O. The van der Waals surface area contributed by atoms with Crippen molar-refractivity contribution in [1.82, 2.24) is 10.6 Å². The van der Waals surface area contributed by atoms with Gasteiger partial charge in [0.2, 0.25) is 0 Å². The number of hydrogen-bond acceptors (Lipinski definition) is 2. The van der Waals surface area contributed by atoms with Crippen molar-refractivity contribution in [1.29, 1.82) is 0 Å². The molecule has 2 atom stereocenters. The van der Waals surface area contributed by atoms with Gasteiger partial charge in [-0.1, -0.05) is 32.1 Å². The molecule has 0 aromatic carbocycles. The van der Waals surface area contributed by atoms with Crippen LogP contribution in [0.2, 0.25) is 0 Å². The smallest absolute Gasteiger partial charge is 0.315 e. The van der Waals surface area contributed by atoms with Gasteiger partial charge in [-0.3, -0.25) is 4.79 Å². The summed E-state index contributed by atoms with van der Waals surface area (Å²) >= 11 is 0. The zero-order chi connectivity index (χ0) is 14.3. The lowest BCUT2D eigenvalue weighted by atomic mass is 9.87. The predicted octanol–water partition coefficient (Wildman–Crippen LogP) is 2.37. The minimum atomic E-state index is -0.894. The van der Waals surface area contributed by atoms with Crippen LogP contribution in [0.4, 0.5) is 4.79 Å². The average molecular weight is 270 g/mol. The fraction of sp³-hybridized carbons (Fsp3) is 0.857. The lowest BCUT2D eigenvalue weighted by Crippen LogP contribution is -2.45. The summed E-state index contributed by atoms with van der Waals surface area (Å²) in [6, 6.07) is -0.636. The number of urea groups is 1. The lowest BCUT2D eigenvalue weighted by Gasteiger charge is -2.22. The van der Waals surface area contributed by atoms with Gasteiger partial charge < -0.3 is 15.7 Å². The first-order valence-corrected chi connectivity index (χ1v) is 7.28. The molecule has 0 spiro atoms. The minimum absolute atomic E-state index is 0.267. The Morgan fingerprint density at radius 3 is 2.42 bits per heavy atom. The minimum Gasteiger partial charge on any atom is -0.481 e. The van der Waals surface area contributed by atoms with Crippen LogP contribution < -0.4 is 10.6 Å². The van der Waals surface area contributed by atoms with Crippen LogP contribution in [-0.4, -0.2) is 29.7 Å². The molecule has 2 amide bonds. The number of aliphatic carboxylic acids is 1. The summed E-state index contributed by atoms with van der Waals surface area (Å²) in [7, 11) is 0. The number of carboxylic acids is 1. The molecule has 1 aliphatic carbocycles. The van der Waals surface area contributed by atoms with Gasteiger partial charge in [-0.25, -0.2) is 4.79 Å². The zero-order valence-electron chi connectivity index (χ0n) is 11.9. The van der Waals surface area contributed by atoms with Crippen molar-refractivity contribution >= 4 is 12.0 Å². The van der Waals surface area contributed by atoms with Crippen molar-refractivity contribution in [3.05, 3.63) is 0 Å². The van der Waals surface area contributed by atoms with E-state index >= 15 is 0 Å². The van der Waals surface area contributed by atoms with Gasteiger partial charge in [0.15, 0.2) is 0 Å². The van der Waals surface area contributed by atoms with Crippen LogP contribution in [0.5, 0.6) is 0 Å². The van der Waals surface area contributed by atoms with Crippen LogP contribution in [0.15, 0.2) is 0 Å². The summed E-state index contributed by atoms with van der Waals surface area (Å²) in [5, 5.41) is 14.3. The highest BCUT2D eigenvalue weighted by Crippen LogP contribution is 2.25. The Morgan fingerprint density at radius 2 is 1.84 bits per heavy atom. The maximum atomic E-state index is 11.6. The number of amides is 2. The molecule has 0 radical (unpaired) electrons. The Balaban J connectivity index is 2.15. The standard InChI is InChI=1S/C14H26N2O3/c1-10(13(17)18)11(2)16-14(19)15-9-8-12-6-4-3-5-7-12/h10-12H,3-9H2,1-2H3,(H,17,18)(H2,15,16,19). The average Bonchev–Trinajstić information content (AvgIpc) is 2.38. The molecule has 0 aliphatic heterocycles. The van der Waals surface area contributed by atoms with Crippen LogP contribution in [0, 0.1) is 11.8 Å². The Labute approximate surface area is 115 Å². The molecule has 5 heteroatoms. The second-order valence-electron chi connectivity index (χ2n) is 5.61. The summed E-state index contributed by atoms with van der Waals surface area (Å²) < 4.78 is 0. The van der Waals surface area contributed by atoms with Crippen LogP contribution in [0.25, 0.3) is 0 Å². The summed E-state index contributed by atoms with van der Waals surface area (Å²) in [6.45, 7) is 3.97. The summed E-state index contributed by atoms with van der Waals surface area (Å²) in [5.41, 5.74) is 0. The van der Waals surface area contributed by atoms with Crippen molar-refractivity contribution in [2.24, 2.45) is 11.8 Å². The van der Waals surface area contributed by atoms with E-state index < -0.39 is 11.9 Å². The second-order valence-corrected chi connectivity index (χ2v) is 5.61. The number of rotatable bonds is 6. The molecule has 19 heavy (non-hydrogen) atoms. The van der Waals surface area contributed by atoms with Crippen molar-refractivity contribution < 1.29 is 14.7 Å². The Morgan fingerprint density at radius 1 is 1.21 bits per heavy atom. The highest BCUT2D eigenvalue weighted by molar-refractivity contribution is 5.76. The first kappa shape index (κ1) is 15.8. The first-order chi connectivity index (χ1) is 9.00. The molecule has 1 fully saturated rings. The number of nitrogens with one attached hydrogen (secondary N) is 2. The van der Waals surface area contributed by atoms with E-state index in [0.29, 0.717) is 6.54 Å². The Kier molecular flexibility index (Phi) is 6.67. The van der Waals surface area contributed by atoms with Crippen molar-refractivity contribution in [2.45, 2.75) is 58.4 Å².